The summed E-state index contributed by atoms with van der Waals surface area (Å²) in [5.41, 5.74) is 1.52. The zero-order chi connectivity index (χ0) is 15.8. The van der Waals surface area contributed by atoms with Crippen LogP contribution in [-0.4, -0.2) is 17.9 Å². The van der Waals surface area contributed by atoms with E-state index in [1.54, 1.807) is 31.2 Å². The van der Waals surface area contributed by atoms with Crippen molar-refractivity contribution >= 4 is 11.9 Å². The third-order valence-electron chi connectivity index (χ3n) is 3.13. The van der Waals surface area contributed by atoms with Crippen LogP contribution in [-0.2, 0) is 16.1 Å². The van der Waals surface area contributed by atoms with Gasteiger partial charge in [-0.25, -0.2) is 0 Å². The number of carbonyl (C=O) groups is 2. The van der Waals surface area contributed by atoms with E-state index < -0.39 is 0 Å². The van der Waals surface area contributed by atoms with Crippen molar-refractivity contribution in [2.75, 3.05) is 0 Å². The maximum absolute atomic E-state index is 12.0. The van der Waals surface area contributed by atoms with Gasteiger partial charge in [0.1, 0.15) is 6.61 Å². The molecule has 4 nitrogen and oxygen atoms in total. The van der Waals surface area contributed by atoms with E-state index in [1.807, 2.05) is 36.4 Å². The molecule has 2 rings (SSSR count). The molecule has 0 spiro atoms. The number of amides is 1. The van der Waals surface area contributed by atoms with Crippen LogP contribution < -0.4 is 5.32 Å². The van der Waals surface area contributed by atoms with E-state index in [1.165, 1.54) is 0 Å². The molecule has 0 aliphatic rings. The standard InChI is InChI=1S/C18H19NO3/c1-14(19-18(21)16-10-6-3-7-11-16)12-17(20)22-13-15-8-4-2-5-9-15/h2-11,14H,12-13H2,1H3,(H,19,21). The second-order valence-electron chi connectivity index (χ2n) is 5.09. The summed E-state index contributed by atoms with van der Waals surface area (Å²) in [4.78, 5) is 23.7. The lowest BCUT2D eigenvalue weighted by molar-refractivity contribution is -0.145. The van der Waals surface area contributed by atoms with Crippen LogP contribution >= 0.6 is 0 Å². The first-order chi connectivity index (χ1) is 10.6. The number of ether oxygens (including phenoxy) is 1. The van der Waals surface area contributed by atoms with E-state index in [-0.39, 0.29) is 30.9 Å². The Hall–Kier alpha value is -2.62. The summed E-state index contributed by atoms with van der Waals surface area (Å²) in [5.74, 6) is -0.520. The molecular weight excluding hydrogens is 278 g/mol. The van der Waals surface area contributed by atoms with E-state index in [4.69, 9.17) is 4.74 Å². The molecule has 1 unspecified atom stereocenters. The molecule has 0 aliphatic carbocycles. The summed E-state index contributed by atoms with van der Waals surface area (Å²) >= 11 is 0. The third-order valence-corrected chi connectivity index (χ3v) is 3.13. The normalized spacial score (nSPS) is 11.5. The van der Waals surface area contributed by atoms with Crippen molar-refractivity contribution in [2.45, 2.75) is 26.0 Å². The van der Waals surface area contributed by atoms with Gasteiger partial charge in [0.2, 0.25) is 0 Å². The van der Waals surface area contributed by atoms with E-state index in [0.717, 1.165) is 5.56 Å². The van der Waals surface area contributed by atoms with E-state index >= 15 is 0 Å². The number of carbonyl (C=O) groups excluding carboxylic acids is 2. The fourth-order valence-corrected chi connectivity index (χ4v) is 1.99. The van der Waals surface area contributed by atoms with Crippen LogP contribution in [0.3, 0.4) is 0 Å². The fraction of sp³-hybridized carbons (Fsp3) is 0.222. The van der Waals surface area contributed by atoms with Crippen molar-refractivity contribution in [3.8, 4) is 0 Å². The molecule has 2 aromatic carbocycles. The van der Waals surface area contributed by atoms with Crippen molar-refractivity contribution in [1.29, 1.82) is 0 Å². The van der Waals surface area contributed by atoms with Gasteiger partial charge in [-0.2, -0.15) is 0 Å². The quantitative estimate of drug-likeness (QED) is 0.834. The van der Waals surface area contributed by atoms with Crippen molar-refractivity contribution in [3.63, 3.8) is 0 Å². The lowest BCUT2D eigenvalue weighted by Crippen LogP contribution is -2.34. The van der Waals surface area contributed by atoms with Crippen LogP contribution in [0.4, 0.5) is 0 Å². The van der Waals surface area contributed by atoms with Crippen LogP contribution in [0.5, 0.6) is 0 Å². The fourth-order valence-electron chi connectivity index (χ4n) is 1.99. The minimum absolute atomic E-state index is 0.144. The van der Waals surface area contributed by atoms with Gasteiger partial charge >= 0.3 is 5.97 Å². The Kier molecular flexibility index (Phi) is 5.72. The van der Waals surface area contributed by atoms with Gasteiger partial charge in [-0.05, 0) is 24.6 Å². The summed E-state index contributed by atoms with van der Waals surface area (Å²) in [5, 5.41) is 2.79. The molecule has 1 atom stereocenters. The van der Waals surface area contributed by atoms with Gasteiger partial charge in [0, 0.05) is 11.6 Å². The predicted octanol–water partition coefficient (Wildman–Crippen LogP) is 2.94. The zero-order valence-corrected chi connectivity index (χ0v) is 12.5. The molecule has 22 heavy (non-hydrogen) atoms. The summed E-state index contributed by atoms with van der Waals surface area (Å²) in [6.45, 7) is 2.03. The van der Waals surface area contributed by atoms with Gasteiger partial charge < -0.3 is 10.1 Å². The van der Waals surface area contributed by atoms with Crippen molar-refractivity contribution in [2.24, 2.45) is 0 Å². The maximum Gasteiger partial charge on any atom is 0.308 e. The Bertz CT molecular complexity index is 611. The predicted molar refractivity (Wildman–Crippen MR) is 84.2 cm³/mol. The molecule has 4 heteroatoms. The summed E-state index contributed by atoms with van der Waals surface area (Å²) in [6, 6.07) is 18.1. The second kappa shape index (κ2) is 7.98. The second-order valence-corrected chi connectivity index (χ2v) is 5.09. The Labute approximate surface area is 130 Å². The first-order valence-electron chi connectivity index (χ1n) is 7.20. The highest BCUT2D eigenvalue weighted by atomic mass is 16.5. The molecule has 1 amide bonds. The molecule has 0 saturated heterocycles. The molecule has 0 saturated carbocycles. The third kappa shape index (κ3) is 5.05. The van der Waals surface area contributed by atoms with E-state index in [2.05, 4.69) is 5.32 Å². The molecule has 2 aromatic rings. The molecule has 0 bridgehead atoms. The zero-order valence-electron chi connectivity index (χ0n) is 12.5. The number of rotatable bonds is 6. The van der Waals surface area contributed by atoms with E-state index in [9.17, 15) is 9.59 Å². The lowest BCUT2D eigenvalue weighted by atomic mass is 10.2. The first kappa shape index (κ1) is 15.8. The highest BCUT2D eigenvalue weighted by Crippen LogP contribution is 2.04. The molecule has 0 heterocycles. The Morgan fingerprint density at radius 2 is 1.59 bits per heavy atom. The molecule has 114 valence electrons. The minimum atomic E-state index is -0.329. The number of hydrogen-bond acceptors (Lipinski definition) is 3. The van der Waals surface area contributed by atoms with Crippen LogP contribution in [0.15, 0.2) is 60.7 Å². The SMILES string of the molecule is CC(CC(=O)OCc1ccccc1)NC(=O)c1ccccc1. The summed E-state index contributed by atoms with van der Waals surface area (Å²) in [7, 11) is 0. The van der Waals surface area contributed by atoms with Crippen LogP contribution in [0, 0.1) is 0 Å². The maximum atomic E-state index is 12.0. The molecular formula is C18H19NO3. The number of hydrogen-bond donors (Lipinski definition) is 1. The van der Waals surface area contributed by atoms with Gasteiger partial charge in [-0.3, -0.25) is 9.59 Å². The van der Waals surface area contributed by atoms with E-state index in [0.29, 0.717) is 5.56 Å². The van der Waals surface area contributed by atoms with Crippen LogP contribution in [0.25, 0.3) is 0 Å². The van der Waals surface area contributed by atoms with Gasteiger partial charge in [-0.15, -0.1) is 0 Å². The minimum Gasteiger partial charge on any atom is -0.461 e. The number of nitrogens with one attached hydrogen (secondary N) is 1. The number of esters is 1. The molecule has 0 fully saturated rings. The van der Waals surface area contributed by atoms with Crippen molar-refractivity contribution < 1.29 is 14.3 Å². The highest BCUT2D eigenvalue weighted by molar-refractivity contribution is 5.94. The largest absolute Gasteiger partial charge is 0.461 e. The van der Waals surface area contributed by atoms with Crippen LogP contribution in [0.2, 0.25) is 0 Å². The Balaban J connectivity index is 1.75. The van der Waals surface area contributed by atoms with Gasteiger partial charge in [0.25, 0.3) is 5.91 Å². The molecule has 0 aromatic heterocycles. The number of benzene rings is 2. The topological polar surface area (TPSA) is 55.4 Å². The van der Waals surface area contributed by atoms with Crippen molar-refractivity contribution in [1.82, 2.24) is 5.32 Å². The monoisotopic (exact) mass is 297 g/mol. The average molecular weight is 297 g/mol. The Morgan fingerprint density at radius 3 is 2.23 bits per heavy atom. The van der Waals surface area contributed by atoms with Gasteiger partial charge in [0.05, 0.1) is 6.42 Å². The Morgan fingerprint density at radius 1 is 1.00 bits per heavy atom. The lowest BCUT2D eigenvalue weighted by Gasteiger charge is -2.13. The first-order valence-corrected chi connectivity index (χ1v) is 7.20. The summed E-state index contributed by atoms with van der Waals surface area (Å²) < 4.78 is 5.20. The van der Waals surface area contributed by atoms with Gasteiger partial charge in [-0.1, -0.05) is 48.5 Å². The molecule has 1 N–H and O–H groups in total. The van der Waals surface area contributed by atoms with Gasteiger partial charge in [0.15, 0.2) is 0 Å². The van der Waals surface area contributed by atoms with Crippen molar-refractivity contribution in [3.05, 3.63) is 71.8 Å². The highest BCUT2D eigenvalue weighted by Gasteiger charge is 2.14. The summed E-state index contributed by atoms with van der Waals surface area (Å²) in [6.07, 6.45) is 0.144. The smallest absolute Gasteiger partial charge is 0.308 e. The molecule has 0 aliphatic heterocycles. The molecule has 0 radical (unpaired) electrons. The average Bonchev–Trinajstić information content (AvgIpc) is 2.54. The van der Waals surface area contributed by atoms with Crippen LogP contribution in [0.1, 0.15) is 29.3 Å².